The molecular formula is C12H10ClFN2O. The second-order valence-electron chi connectivity index (χ2n) is 3.52. The number of aromatic nitrogens is 2. The van der Waals surface area contributed by atoms with Crippen molar-refractivity contribution in [2.24, 2.45) is 0 Å². The van der Waals surface area contributed by atoms with Gasteiger partial charge in [-0.15, -0.1) is 11.6 Å². The maximum Gasteiger partial charge on any atom is 0.238 e. The molecule has 17 heavy (non-hydrogen) atoms. The highest BCUT2D eigenvalue weighted by Gasteiger charge is 2.06. The van der Waals surface area contributed by atoms with Crippen LogP contribution in [0.15, 0.2) is 30.6 Å². The predicted molar refractivity (Wildman–Crippen MR) is 62.8 cm³/mol. The van der Waals surface area contributed by atoms with Crippen molar-refractivity contribution >= 4 is 11.6 Å². The number of ether oxygens (including phenoxy) is 1. The zero-order chi connectivity index (χ0) is 12.3. The van der Waals surface area contributed by atoms with E-state index in [1.54, 1.807) is 12.1 Å². The molecule has 1 aromatic carbocycles. The Morgan fingerprint density at radius 1 is 1.35 bits per heavy atom. The van der Waals surface area contributed by atoms with Crippen LogP contribution in [-0.4, -0.2) is 9.97 Å². The number of halogens is 2. The van der Waals surface area contributed by atoms with E-state index in [1.165, 1.54) is 18.5 Å². The normalized spacial score (nSPS) is 10.3. The third-order valence-corrected chi connectivity index (χ3v) is 2.37. The van der Waals surface area contributed by atoms with Crippen LogP contribution in [-0.2, 0) is 5.88 Å². The summed E-state index contributed by atoms with van der Waals surface area (Å²) in [4.78, 5) is 7.98. The third kappa shape index (κ3) is 2.91. The molecule has 0 aliphatic rings. The summed E-state index contributed by atoms with van der Waals surface area (Å²) in [5.41, 5.74) is 1.49. The first-order chi connectivity index (χ1) is 8.19. The molecule has 1 heterocycles. The fraction of sp³-hybridized carbons (Fsp3) is 0.167. The lowest BCUT2D eigenvalue weighted by Gasteiger charge is -2.06. The fourth-order valence-corrected chi connectivity index (χ4v) is 1.43. The van der Waals surface area contributed by atoms with Crippen molar-refractivity contribution in [3.05, 3.63) is 47.7 Å². The Morgan fingerprint density at radius 2 is 2.18 bits per heavy atom. The number of hydrogen-bond acceptors (Lipinski definition) is 3. The van der Waals surface area contributed by atoms with Gasteiger partial charge in [-0.25, -0.2) is 9.37 Å². The van der Waals surface area contributed by atoms with Crippen LogP contribution in [0.25, 0.3) is 0 Å². The van der Waals surface area contributed by atoms with E-state index in [9.17, 15) is 4.39 Å². The molecule has 88 valence electrons. The Morgan fingerprint density at radius 3 is 2.94 bits per heavy atom. The molecule has 0 atom stereocenters. The topological polar surface area (TPSA) is 35.0 Å². The molecule has 0 radical (unpaired) electrons. The number of nitrogens with zero attached hydrogens (tertiary/aromatic N) is 2. The number of hydrogen-bond donors (Lipinski definition) is 0. The third-order valence-electron chi connectivity index (χ3n) is 2.10. The van der Waals surface area contributed by atoms with Gasteiger partial charge in [-0.2, -0.15) is 0 Å². The van der Waals surface area contributed by atoms with E-state index in [-0.39, 0.29) is 17.5 Å². The first kappa shape index (κ1) is 11.8. The van der Waals surface area contributed by atoms with Crippen LogP contribution in [0, 0.1) is 12.7 Å². The monoisotopic (exact) mass is 252 g/mol. The summed E-state index contributed by atoms with van der Waals surface area (Å²) >= 11 is 5.63. The highest BCUT2D eigenvalue weighted by atomic mass is 35.5. The Kier molecular flexibility index (Phi) is 3.54. The maximum atomic E-state index is 13.4. The van der Waals surface area contributed by atoms with Gasteiger partial charge in [-0.1, -0.05) is 6.07 Å². The average Bonchev–Trinajstić information content (AvgIpc) is 2.34. The molecule has 2 aromatic rings. The van der Waals surface area contributed by atoms with E-state index >= 15 is 0 Å². The van der Waals surface area contributed by atoms with Crippen LogP contribution in [0.5, 0.6) is 11.6 Å². The molecule has 0 aliphatic carbocycles. The molecule has 0 spiro atoms. The lowest BCUT2D eigenvalue weighted by atomic mass is 10.2. The molecule has 0 saturated heterocycles. The second kappa shape index (κ2) is 5.10. The lowest BCUT2D eigenvalue weighted by molar-refractivity contribution is 0.424. The summed E-state index contributed by atoms with van der Waals surface area (Å²) < 4.78 is 18.8. The quantitative estimate of drug-likeness (QED) is 0.785. The standard InChI is InChI=1S/C12H10ClFN2O/c1-8-2-3-10(14)11(4-8)17-12-7-15-6-9(5-13)16-12/h2-4,6-7H,5H2,1H3. The second-order valence-corrected chi connectivity index (χ2v) is 3.79. The largest absolute Gasteiger partial charge is 0.434 e. The van der Waals surface area contributed by atoms with Crippen molar-refractivity contribution in [1.82, 2.24) is 9.97 Å². The maximum absolute atomic E-state index is 13.4. The molecule has 2 rings (SSSR count). The highest BCUT2D eigenvalue weighted by Crippen LogP contribution is 2.23. The van der Waals surface area contributed by atoms with Crippen LogP contribution in [0.1, 0.15) is 11.3 Å². The predicted octanol–water partition coefficient (Wildman–Crippen LogP) is 3.46. The molecule has 1 aromatic heterocycles. The van der Waals surface area contributed by atoms with Crippen LogP contribution in [0.4, 0.5) is 4.39 Å². The Balaban J connectivity index is 2.27. The van der Waals surface area contributed by atoms with Crippen molar-refractivity contribution in [1.29, 1.82) is 0 Å². The molecule has 0 aliphatic heterocycles. The van der Waals surface area contributed by atoms with Gasteiger partial charge in [0.25, 0.3) is 0 Å². The average molecular weight is 253 g/mol. The Bertz CT molecular complexity index is 534. The first-order valence-electron chi connectivity index (χ1n) is 5.00. The summed E-state index contributed by atoms with van der Waals surface area (Å²) in [6.07, 6.45) is 2.95. The number of aryl methyl sites for hydroxylation is 1. The minimum Gasteiger partial charge on any atom is -0.434 e. The van der Waals surface area contributed by atoms with Crippen LogP contribution < -0.4 is 4.74 Å². The van der Waals surface area contributed by atoms with Gasteiger partial charge in [0.2, 0.25) is 5.88 Å². The van der Waals surface area contributed by atoms with Gasteiger partial charge in [-0.3, -0.25) is 4.98 Å². The molecule has 0 amide bonds. The van der Waals surface area contributed by atoms with E-state index < -0.39 is 5.82 Å². The van der Waals surface area contributed by atoms with Gasteiger partial charge >= 0.3 is 0 Å². The smallest absolute Gasteiger partial charge is 0.238 e. The summed E-state index contributed by atoms with van der Waals surface area (Å²) in [6.45, 7) is 1.85. The van der Waals surface area contributed by atoms with Gasteiger partial charge < -0.3 is 4.74 Å². The highest BCUT2D eigenvalue weighted by molar-refractivity contribution is 6.16. The van der Waals surface area contributed by atoms with Gasteiger partial charge in [0, 0.05) is 6.20 Å². The zero-order valence-corrected chi connectivity index (χ0v) is 9.91. The van der Waals surface area contributed by atoms with Crippen molar-refractivity contribution in [3.63, 3.8) is 0 Å². The minimum absolute atomic E-state index is 0.131. The molecule has 0 fully saturated rings. The summed E-state index contributed by atoms with van der Waals surface area (Å²) in [5, 5.41) is 0. The number of benzene rings is 1. The molecule has 0 N–H and O–H groups in total. The van der Waals surface area contributed by atoms with Crippen LogP contribution >= 0.6 is 11.6 Å². The van der Waals surface area contributed by atoms with Gasteiger partial charge in [0.05, 0.1) is 17.8 Å². The van der Waals surface area contributed by atoms with E-state index in [0.717, 1.165) is 5.56 Å². The van der Waals surface area contributed by atoms with E-state index in [1.807, 2.05) is 6.92 Å². The summed E-state index contributed by atoms with van der Waals surface area (Å²) in [7, 11) is 0. The SMILES string of the molecule is Cc1ccc(F)c(Oc2cncc(CCl)n2)c1. The van der Waals surface area contributed by atoms with Crippen molar-refractivity contribution < 1.29 is 9.13 Å². The van der Waals surface area contributed by atoms with Crippen LogP contribution in [0.2, 0.25) is 0 Å². The van der Waals surface area contributed by atoms with E-state index in [0.29, 0.717) is 5.69 Å². The van der Waals surface area contributed by atoms with Crippen molar-refractivity contribution in [3.8, 4) is 11.6 Å². The number of alkyl halides is 1. The summed E-state index contributed by atoms with van der Waals surface area (Å²) in [6, 6.07) is 4.62. The van der Waals surface area contributed by atoms with Crippen LogP contribution in [0.3, 0.4) is 0 Å². The van der Waals surface area contributed by atoms with Crippen molar-refractivity contribution in [2.45, 2.75) is 12.8 Å². The summed E-state index contributed by atoms with van der Waals surface area (Å²) in [5.74, 6) is 0.160. The first-order valence-corrected chi connectivity index (χ1v) is 5.53. The van der Waals surface area contributed by atoms with Gasteiger partial charge in [0.1, 0.15) is 0 Å². The van der Waals surface area contributed by atoms with E-state index in [4.69, 9.17) is 16.3 Å². The lowest BCUT2D eigenvalue weighted by Crippen LogP contribution is -1.95. The Labute approximate surface area is 103 Å². The molecular weight excluding hydrogens is 243 g/mol. The zero-order valence-electron chi connectivity index (χ0n) is 9.15. The molecule has 5 heteroatoms. The Hall–Kier alpha value is -1.68. The molecule has 0 saturated carbocycles. The van der Waals surface area contributed by atoms with Gasteiger partial charge in [0.15, 0.2) is 11.6 Å². The molecule has 3 nitrogen and oxygen atoms in total. The molecule has 0 bridgehead atoms. The van der Waals surface area contributed by atoms with E-state index in [2.05, 4.69) is 9.97 Å². The minimum atomic E-state index is -0.436. The number of rotatable bonds is 3. The van der Waals surface area contributed by atoms with Crippen molar-refractivity contribution in [2.75, 3.05) is 0 Å². The molecule has 0 unspecified atom stereocenters. The van der Waals surface area contributed by atoms with Gasteiger partial charge in [-0.05, 0) is 24.6 Å². The fourth-order valence-electron chi connectivity index (χ4n) is 1.30.